The lowest BCUT2D eigenvalue weighted by atomic mass is 9.95. The molecule has 3 aromatic rings. The van der Waals surface area contributed by atoms with Crippen LogP contribution in [-0.4, -0.2) is 65.2 Å². The highest BCUT2D eigenvalue weighted by Crippen LogP contribution is 2.36. The van der Waals surface area contributed by atoms with E-state index in [0.717, 1.165) is 5.69 Å². The van der Waals surface area contributed by atoms with Crippen LogP contribution in [0.3, 0.4) is 0 Å². The zero-order valence-corrected chi connectivity index (χ0v) is 17.4. The quantitative estimate of drug-likeness (QED) is 0.517. The van der Waals surface area contributed by atoms with Crippen LogP contribution < -0.4 is 16.0 Å². The highest BCUT2D eigenvalue weighted by molar-refractivity contribution is 5.65. The smallest absolute Gasteiger partial charge is 0.232 e. The van der Waals surface area contributed by atoms with Crippen LogP contribution in [0, 0.1) is 12.7 Å². The maximum atomic E-state index is 13.5. The number of aromatic amines is 1. The molecule has 31 heavy (non-hydrogen) atoms. The highest BCUT2D eigenvalue weighted by atomic mass is 19.1. The molecule has 0 aromatic carbocycles. The summed E-state index contributed by atoms with van der Waals surface area (Å²) < 4.78 is 24.4. The zero-order valence-electron chi connectivity index (χ0n) is 17.4. The molecular weight excluding hydrogens is 403 g/mol. The minimum atomic E-state index is -0.411. The van der Waals surface area contributed by atoms with Gasteiger partial charge in [-0.25, -0.2) is 4.39 Å². The highest BCUT2D eigenvalue weighted by Gasteiger charge is 2.28. The van der Waals surface area contributed by atoms with Crippen molar-refractivity contribution < 1.29 is 13.9 Å². The Hall–Kier alpha value is -3.31. The molecule has 0 aliphatic carbocycles. The van der Waals surface area contributed by atoms with Gasteiger partial charge in [-0.05, 0) is 19.1 Å². The van der Waals surface area contributed by atoms with E-state index in [4.69, 9.17) is 20.2 Å². The number of ether oxygens (including phenoxy) is 2. The van der Waals surface area contributed by atoms with E-state index in [2.05, 4.69) is 30.4 Å². The number of rotatable bonds is 7. The fraction of sp³-hybridized carbons (Fsp3) is 0.400. The van der Waals surface area contributed by atoms with Gasteiger partial charge in [-0.3, -0.25) is 10.1 Å². The second-order valence-corrected chi connectivity index (χ2v) is 7.24. The van der Waals surface area contributed by atoms with Crippen molar-refractivity contribution in [2.45, 2.75) is 12.8 Å². The van der Waals surface area contributed by atoms with E-state index in [1.54, 1.807) is 13.2 Å². The third kappa shape index (κ3) is 4.72. The lowest BCUT2D eigenvalue weighted by molar-refractivity contribution is 0.122. The predicted molar refractivity (Wildman–Crippen MR) is 114 cm³/mol. The topological polar surface area (TPSA) is 127 Å². The first-order valence-corrected chi connectivity index (χ1v) is 9.94. The number of anilines is 4. The van der Waals surface area contributed by atoms with Gasteiger partial charge in [0.2, 0.25) is 5.95 Å². The number of nitrogens with two attached hydrogens (primary N) is 1. The van der Waals surface area contributed by atoms with E-state index in [0.29, 0.717) is 61.0 Å². The van der Waals surface area contributed by atoms with Crippen LogP contribution in [-0.2, 0) is 9.47 Å². The Kier molecular flexibility index (Phi) is 6.23. The van der Waals surface area contributed by atoms with Crippen LogP contribution in [0.25, 0.3) is 0 Å². The number of H-pyrrole nitrogens is 1. The van der Waals surface area contributed by atoms with E-state index in [1.165, 1.54) is 12.3 Å². The Morgan fingerprint density at radius 3 is 2.77 bits per heavy atom. The Balaban J connectivity index is 1.79. The van der Waals surface area contributed by atoms with Gasteiger partial charge < -0.3 is 25.4 Å². The van der Waals surface area contributed by atoms with Crippen molar-refractivity contribution in [1.82, 2.24) is 25.1 Å². The molecule has 1 fully saturated rings. The first kappa shape index (κ1) is 20.9. The summed E-state index contributed by atoms with van der Waals surface area (Å²) in [4.78, 5) is 15.6. The fourth-order valence-electron chi connectivity index (χ4n) is 3.55. The van der Waals surface area contributed by atoms with Gasteiger partial charge in [0.15, 0.2) is 5.82 Å². The average molecular weight is 428 g/mol. The summed E-state index contributed by atoms with van der Waals surface area (Å²) in [6, 6.07) is 4.84. The normalized spacial score (nSPS) is 15.1. The Bertz CT molecular complexity index is 1020. The molecule has 1 aliphatic rings. The number of aryl methyl sites for hydroxylation is 1. The largest absolute Gasteiger partial charge is 0.384 e. The van der Waals surface area contributed by atoms with Gasteiger partial charge in [0, 0.05) is 37.5 Å². The van der Waals surface area contributed by atoms with Crippen molar-refractivity contribution in [1.29, 1.82) is 0 Å². The number of pyridine rings is 1. The molecule has 0 amide bonds. The summed E-state index contributed by atoms with van der Waals surface area (Å²) in [7, 11) is 1.60. The van der Waals surface area contributed by atoms with Crippen LogP contribution >= 0.6 is 0 Å². The van der Waals surface area contributed by atoms with Crippen molar-refractivity contribution >= 4 is 23.4 Å². The van der Waals surface area contributed by atoms with Gasteiger partial charge in [-0.15, -0.1) is 0 Å². The fourth-order valence-corrected chi connectivity index (χ4v) is 3.55. The molecule has 4 N–H and O–H groups in total. The number of hydrogen-bond acceptors (Lipinski definition) is 9. The Morgan fingerprint density at radius 2 is 2.13 bits per heavy atom. The van der Waals surface area contributed by atoms with Gasteiger partial charge in [-0.1, -0.05) is 0 Å². The molecule has 0 bridgehead atoms. The van der Waals surface area contributed by atoms with Crippen LogP contribution in [0.15, 0.2) is 24.4 Å². The van der Waals surface area contributed by atoms with Crippen molar-refractivity contribution in [2.24, 2.45) is 0 Å². The third-order valence-electron chi connectivity index (χ3n) is 5.00. The van der Waals surface area contributed by atoms with E-state index >= 15 is 0 Å². The van der Waals surface area contributed by atoms with E-state index < -0.39 is 5.82 Å². The third-order valence-corrected chi connectivity index (χ3v) is 5.00. The predicted octanol–water partition coefficient (Wildman–Crippen LogP) is 1.98. The molecule has 0 radical (unpaired) electrons. The molecule has 1 saturated heterocycles. The summed E-state index contributed by atoms with van der Waals surface area (Å²) in [5.41, 5.74) is 8.67. The molecule has 0 saturated carbocycles. The van der Waals surface area contributed by atoms with Crippen LogP contribution in [0.2, 0.25) is 0 Å². The van der Waals surface area contributed by atoms with Crippen molar-refractivity contribution in [3.05, 3.63) is 47.2 Å². The number of nitrogens with zero attached hydrogens (tertiary/aromatic N) is 5. The lowest BCUT2D eigenvalue weighted by Gasteiger charge is -2.32. The first-order chi connectivity index (χ1) is 15.0. The maximum Gasteiger partial charge on any atom is 0.232 e. The number of aromatic nitrogens is 5. The Morgan fingerprint density at radius 1 is 1.32 bits per heavy atom. The number of methoxy groups -OCH3 is 1. The number of hydrogen-bond donors (Lipinski definition) is 3. The van der Waals surface area contributed by atoms with Gasteiger partial charge >= 0.3 is 0 Å². The van der Waals surface area contributed by atoms with E-state index in [9.17, 15) is 4.39 Å². The molecule has 4 rings (SSSR count). The van der Waals surface area contributed by atoms with E-state index in [1.807, 2.05) is 13.0 Å². The van der Waals surface area contributed by atoms with Crippen molar-refractivity contribution in [3.8, 4) is 0 Å². The number of morpholine rings is 1. The lowest BCUT2D eigenvalue weighted by Crippen LogP contribution is -2.38. The van der Waals surface area contributed by atoms with Crippen LogP contribution in [0.4, 0.5) is 27.8 Å². The molecule has 4 heterocycles. The van der Waals surface area contributed by atoms with Gasteiger partial charge in [-0.2, -0.15) is 15.1 Å². The van der Waals surface area contributed by atoms with E-state index in [-0.39, 0.29) is 12.5 Å². The summed E-state index contributed by atoms with van der Waals surface area (Å²) in [6.45, 7) is 4.65. The monoisotopic (exact) mass is 428 g/mol. The standard InChI is InChI=1S/C20H25FN8O2/c1-12-9-16(28-27-12)24-20-25-18(22)17(19(26-20)29-5-7-31-8-6-29)14(11-30-2)15-4-3-13(21)10-23-15/h3-4,9-10,14H,5-8,11H2,1-2H3,(H4,22,24,25,26,27,28). The van der Waals surface area contributed by atoms with Gasteiger partial charge in [0.25, 0.3) is 0 Å². The summed E-state index contributed by atoms with van der Waals surface area (Å²) >= 11 is 0. The average Bonchev–Trinajstić information content (AvgIpc) is 3.18. The Labute approximate surface area is 179 Å². The molecule has 0 spiro atoms. The molecule has 11 heteroatoms. The SMILES string of the molecule is COCC(c1ccc(F)cn1)c1c(N)nc(Nc2cc(C)[nH]n2)nc1N1CCOCC1. The number of halogens is 1. The van der Waals surface area contributed by atoms with Crippen molar-refractivity contribution in [3.63, 3.8) is 0 Å². The molecule has 3 aromatic heterocycles. The van der Waals surface area contributed by atoms with Gasteiger partial charge in [0.1, 0.15) is 17.5 Å². The molecule has 10 nitrogen and oxygen atoms in total. The molecule has 1 atom stereocenters. The minimum absolute atomic E-state index is 0.287. The second-order valence-electron chi connectivity index (χ2n) is 7.24. The first-order valence-electron chi connectivity index (χ1n) is 9.94. The summed E-state index contributed by atoms with van der Waals surface area (Å²) in [6.07, 6.45) is 1.18. The number of nitrogens with one attached hydrogen (secondary N) is 2. The maximum absolute atomic E-state index is 13.5. The second kappa shape index (κ2) is 9.23. The van der Waals surface area contributed by atoms with Crippen LogP contribution in [0.5, 0.6) is 0 Å². The van der Waals surface area contributed by atoms with Crippen LogP contribution in [0.1, 0.15) is 22.9 Å². The summed E-state index contributed by atoms with van der Waals surface area (Å²) in [5.74, 6) is 1.10. The molecule has 164 valence electrons. The summed E-state index contributed by atoms with van der Waals surface area (Å²) in [5, 5.41) is 10.1. The molecule has 1 aliphatic heterocycles. The van der Waals surface area contributed by atoms with Gasteiger partial charge in [0.05, 0.1) is 37.6 Å². The molecular formula is C20H25FN8O2. The van der Waals surface area contributed by atoms with Crippen molar-refractivity contribution in [2.75, 3.05) is 56.0 Å². The number of nitrogen functional groups attached to an aromatic ring is 1. The minimum Gasteiger partial charge on any atom is -0.384 e. The zero-order chi connectivity index (χ0) is 21.8. The molecule has 1 unspecified atom stereocenters.